The highest BCUT2D eigenvalue weighted by atomic mass is 79.9. The van der Waals surface area contributed by atoms with E-state index in [1.807, 2.05) is 18.2 Å². The molecule has 0 atom stereocenters. The molecule has 1 aliphatic rings. The summed E-state index contributed by atoms with van der Waals surface area (Å²) in [5.74, 6) is -0.342. The predicted octanol–water partition coefficient (Wildman–Crippen LogP) is 4.11. The summed E-state index contributed by atoms with van der Waals surface area (Å²) in [6.45, 7) is 4.50. The number of halogens is 2. The molecule has 0 saturated carbocycles. The van der Waals surface area contributed by atoms with Gasteiger partial charge in [0.05, 0.1) is 29.9 Å². The Kier molecular flexibility index (Phi) is 6.54. The highest BCUT2D eigenvalue weighted by Crippen LogP contribution is 2.31. The van der Waals surface area contributed by atoms with E-state index in [1.54, 1.807) is 17.0 Å². The van der Waals surface area contributed by atoms with Crippen LogP contribution in [-0.2, 0) is 16.0 Å². The average molecular weight is 478 g/mol. The molecule has 1 aliphatic heterocycles. The zero-order chi connectivity index (χ0) is 20.2. The highest BCUT2D eigenvalue weighted by Gasteiger charge is 2.22. The number of thiazole rings is 1. The summed E-state index contributed by atoms with van der Waals surface area (Å²) < 4.78 is 20.6. The highest BCUT2D eigenvalue weighted by molar-refractivity contribution is 9.10. The van der Waals surface area contributed by atoms with E-state index in [1.165, 1.54) is 23.5 Å². The van der Waals surface area contributed by atoms with E-state index in [0.29, 0.717) is 11.7 Å². The molecular formula is C21H21BrFN3O2S. The summed E-state index contributed by atoms with van der Waals surface area (Å²) in [5, 5.41) is 0.693. The number of carbonyl (C=O) groups excluding carboxylic acids is 1. The normalized spacial score (nSPS) is 15.0. The fourth-order valence-corrected chi connectivity index (χ4v) is 4.83. The largest absolute Gasteiger partial charge is 0.379 e. The lowest BCUT2D eigenvalue weighted by Crippen LogP contribution is -2.43. The minimum atomic E-state index is -0.304. The second-order valence-electron chi connectivity index (χ2n) is 6.91. The van der Waals surface area contributed by atoms with Crippen molar-refractivity contribution in [2.24, 2.45) is 0 Å². The molecule has 0 N–H and O–H groups in total. The van der Waals surface area contributed by atoms with E-state index >= 15 is 0 Å². The Morgan fingerprint density at radius 1 is 1.21 bits per heavy atom. The van der Waals surface area contributed by atoms with Crippen LogP contribution in [0.2, 0.25) is 0 Å². The summed E-state index contributed by atoms with van der Waals surface area (Å²) >= 11 is 5.00. The zero-order valence-electron chi connectivity index (χ0n) is 15.8. The van der Waals surface area contributed by atoms with Crippen molar-refractivity contribution in [1.82, 2.24) is 9.88 Å². The predicted molar refractivity (Wildman–Crippen MR) is 117 cm³/mol. The van der Waals surface area contributed by atoms with Gasteiger partial charge in [-0.05, 0) is 35.9 Å². The first-order chi connectivity index (χ1) is 14.1. The van der Waals surface area contributed by atoms with Crippen LogP contribution >= 0.6 is 27.3 Å². The Morgan fingerprint density at radius 3 is 2.72 bits per heavy atom. The Balaban J connectivity index is 1.56. The maximum absolute atomic E-state index is 13.2. The van der Waals surface area contributed by atoms with E-state index in [9.17, 15) is 9.18 Å². The third-order valence-corrected chi connectivity index (χ3v) is 6.42. The lowest BCUT2D eigenvalue weighted by Gasteiger charge is -2.29. The van der Waals surface area contributed by atoms with E-state index in [-0.39, 0.29) is 18.1 Å². The van der Waals surface area contributed by atoms with Gasteiger partial charge in [-0.1, -0.05) is 39.4 Å². The average Bonchev–Trinajstić information content (AvgIpc) is 3.13. The lowest BCUT2D eigenvalue weighted by molar-refractivity contribution is -0.118. The second kappa shape index (κ2) is 9.30. The van der Waals surface area contributed by atoms with Gasteiger partial charge in [0.1, 0.15) is 5.82 Å². The van der Waals surface area contributed by atoms with Crippen molar-refractivity contribution >= 4 is 48.5 Å². The molecule has 2 aromatic carbocycles. The molecule has 2 heterocycles. The van der Waals surface area contributed by atoms with Gasteiger partial charge in [0.2, 0.25) is 5.91 Å². The third-order valence-electron chi connectivity index (χ3n) is 4.88. The number of benzene rings is 2. The van der Waals surface area contributed by atoms with Crippen molar-refractivity contribution in [3.63, 3.8) is 0 Å². The minimum absolute atomic E-state index is 0.0389. The molecule has 0 unspecified atom stereocenters. The van der Waals surface area contributed by atoms with Gasteiger partial charge in [-0.15, -0.1) is 0 Å². The number of nitrogens with zero attached hydrogens (tertiary/aromatic N) is 3. The quantitative estimate of drug-likeness (QED) is 0.535. The van der Waals surface area contributed by atoms with E-state index in [0.717, 1.165) is 53.1 Å². The Hall–Kier alpha value is -1.87. The van der Waals surface area contributed by atoms with Gasteiger partial charge in [0.25, 0.3) is 0 Å². The van der Waals surface area contributed by atoms with Crippen LogP contribution in [0.4, 0.5) is 9.52 Å². The van der Waals surface area contributed by atoms with Crippen molar-refractivity contribution in [3.05, 3.63) is 58.3 Å². The molecule has 8 heteroatoms. The van der Waals surface area contributed by atoms with Crippen LogP contribution in [0.25, 0.3) is 10.2 Å². The molecule has 29 heavy (non-hydrogen) atoms. The monoisotopic (exact) mass is 477 g/mol. The molecular weight excluding hydrogens is 457 g/mol. The number of ether oxygens (including phenoxy) is 1. The number of rotatable bonds is 6. The molecule has 3 aromatic rings. The molecule has 1 aromatic heterocycles. The van der Waals surface area contributed by atoms with Crippen LogP contribution in [0.15, 0.2) is 46.9 Å². The van der Waals surface area contributed by atoms with Crippen molar-refractivity contribution in [1.29, 1.82) is 0 Å². The van der Waals surface area contributed by atoms with Gasteiger partial charge in [0, 0.05) is 30.7 Å². The zero-order valence-corrected chi connectivity index (χ0v) is 18.2. The van der Waals surface area contributed by atoms with E-state index in [4.69, 9.17) is 9.72 Å². The van der Waals surface area contributed by atoms with Crippen molar-refractivity contribution in [3.8, 4) is 0 Å². The van der Waals surface area contributed by atoms with Gasteiger partial charge < -0.3 is 4.74 Å². The van der Waals surface area contributed by atoms with Gasteiger partial charge in [-0.25, -0.2) is 9.37 Å². The number of morpholine rings is 1. The SMILES string of the molecule is O=C(Cc1ccc(F)cc1)N(CCN1CCOCC1)c1nc2ccc(Br)cc2s1. The van der Waals surface area contributed by atoms with E-state index < -0.39 is 0 Å². The number of anilines is 1. The minimum Gasteiger partial charge on any atom is -0.379 e. The van der Waals surface area contributed by atoms with Crippen molar-refractivity contribution in [2.75, 3.05) is 44.3 Å². The maximum atomic E-state index is 13.2. The standard InChI is InChI=1S/C21H21BrFN3O2S/c22-16-3-6-18-19(14-16)29-21(24-18)26(8-7-25-9-11-28-12-10-25)20(27)13-15-1-4-17(23)5-2-15/h1-6,14H,7-13H2. The van der Waals surface area contributed by atoms with Crippen LogP contribution in [0.3, 0.4) is 0 Å². The first-order valence-electron chi connectivity index (χ1n) is 9.49. The molecule has 152 valence electrons. The topological polar surface area (TPSA) is 45.7 Å². The second-order valence-corrected chi connectivity index (χ2v) is 8.84. The number of hydrogen-bond donors (Lipinski definition) is 0. The van der Waals surface area contributed by atoms with Crippen LogP contribution in [-0.4, -0.2) is 55.2 Å². The number of aromatic nitrogens is 1. The molecule has 0 radical (unpaired) electrons. The van der Waals surface area contributed by atoms with Crippen molar-refractivity contribution < 1.29 is 13.9 Å². The summed E-state index contributed by atoms with van der Waals surface area (Å²) in [7, 11) is 0. The number of carbonyl (C=O) groups is 1. The Bertz CT molecular complexity index is 989. The van der Waals surface area contributed by atoms with Crippen LogP contribution in [0, 0.1) is 5.82 Å². The Labute approximate surface area is 181 Å². The molecule has 1 saturated heterocycles. The molecule has 5 nitrogen and oxygen atoms in total. The molecule has 1 amide bonds. The molecule has 0 aliphatic carbocycles. The fraction of sp³-hybridized carbons (Fsp3) is 0.333. The molecule has 1 fully saturated rings. The van der Waals surface area contributed by atoms with Gasteiger partial charge in [0.15, 0.2) is 5.13 Å². The lowest BCUT2D eigenvalue weighted by atomic mass is 10.1. The smallest absolute Gasteiger partial charge is 0.233 e. The first kappa shape index (κ1) is 20.4. The molecule has 0 spiro atoms. The van der Waals surface area contributed by atoms with Crippen LogP contribution in [0.1, 0.15) is 5.56 Å². The first-order valence-corrected chi connectivity index (χ1v) is 11.1. The molecule has 4 rings (SSSR count). The Morgan fingerprint density at radius 2 is 1.97 bits per heavy atom. The van der Waals surface area contributed by atoms with Gasteiger partial charge >= 0.3 is 0 Å². The van der Waals surface area contributed by atoms with E-state index in [2.05, 4.69) is 20.8 Å². The van der Waals surface area contributed by atoms with Crippen molar-refractivity contribution in [2.45, 2.75) is 6.42 Å². The third kappa shape index (κ3) is 5.19. The number of hydrogen-bond acceptors (Lipinski definition) is 5. The summed E-state index contributed by atoms with van der Waals surface area (Å²) in [4.78, 5) is 21.9. The summed E-state index contributed by atoms with van der Waals surface area (Å²) in [6.07, 6.45) is 0.211. The fourth-order valence-electron chi connectivity index (χ4n) is 3.27. The van der Waals surface area contributed by atoms with Crippen LogP contribution in [0.5, 0.6) is 0 Å². The maximum Gasteiger partial charge on any atom is 0.233 e. The summed E-state index contributed by atoms with van der Waals surface area (Å²) in [6, 6.07) is 12.0. The van der Waals surface area contributed by atoms with Crippen LogP contribution < -0.4 is 4.90 Å². The van der Waals surface area contributed by atoms with Gasteiger partial charge in [-0.3, -0.25) is 14.6 Å². The number of amides is 1. The molecule has 0 bridgehead atoms. The van der Waals surface area contributed by atoms with Gasteiger partial charge in [-0.2, -0.15) is 0 Å². The summed E-state index contributed by atoms with van der Waals surface area (Å²) in [5.41, 5.74) is 1.66. The number of fused-ring (bicyclic) bond motifs is 1.